The van der Waals surface area contributed by atoms with Crippen LogP contribution in [-0.4, -0.2) is 19.8 Å². The van der Waals surface area contributed by atoms with E-state index >= 15 is 0 Å². The average Bonchev–Trinajstić information content (AvgIpc) is 2.54. The van der Waals surface area contributed by atoms with Gasteiger partial charge in [0.05, 0.1) is 11.4 Å². The summed E-state index contributed by atoms with van der Waals surface area (Å²) in [5.41, 5.74) is 0. The zero-order valence-corrected chi connectivity index (χ0v) is 8.62. The van der Waals surface area contributed by atoms with Gasteiger partial charge in [0.25, 0.3) is 10.1 Å². The number of hydrogen-bond acceptors (Lipinski definition) is 3. The summed E-state index contributed by atoms with van der Waals surface area (Å²) in [5, 5.41) is -0.182. The van der Waals surface area contributed by atoms with Gasteiger partial charge in [-0.1, -0.05) is 13.8 Å². The molecule has 3 fully saturated rings. The molecule has 74 valence electrons. The second-order valence-corrected chi connectivity index (χ2v) is 6.52. The van der Waals surface area contributed by atoms with Crippen molar-refractivity contribution in [2.45, 2.75) is 31.6 Å². The smallest absolute Gasteiger partial charge is 0.266 e. The van der Waals surface area contributed by atoms with Crippen molar-refractivity contribution in [3.8, 4) is 0 Å². The Balaban J connectivity index is 2.14. The van der Waals surface area contributed by atoms with Gasteiger partial charge in [-0.05, 0) is 24.2 Å². The molecule has 0 aromatic heterocycles. The fraction of sp³-hybridized carbons (Fsp3) is 1.00. The van der Waals surface area contributed by atoms with Crippen LogP contribution in [-0.2, 0) is 14.3 Å². The highest BCUT2D eigenvalue weighted by atomic mass is 32.2. The molecule has 3 aliphatic rings. The molecule has 2 bridgehead atoms. The van der Waals surface area contributed by atoms with Gasteiger partial charge in [-0.2, -0.15) is 8.42 Å². The van der Waals surface area contributed by atoms with Crippen LogP contribution >= 0.6 is 0 Å². The first-order chi connectivity index (χ1) is 6.02. The van der Waals surface area contributed by atoms with E-state index in [0.29, 0.717) is 23.7 Å². The van der Waals surface area contributed by atoms with Crippen molar-refractivity contribution in [3.63, 3.8) is 0 Å². The minimum absolute atomic E-state index is 0.0104. The van der Waals surface area contributed by atoms with Crippen LogP contribution in [0.4, 0.5) is 0 Å². The first kappa shape index (κ1) is 8.24. The standard InChI is InChI=1S/C9H14O3S/c1-4-6-3-7-8(4)12-13(10,11)9(7)5(6)2/h4-9H,3H2,1-2H3/t4?,5?,6?,7?,8-,9?/m0/s1. The molecule has 0 N–H and O–H groups in total. The van der Waals surface area contributed by atoms with E-state index in [2.05, 4.69) is 13.8 Å². The van der Waals surface area contributed by atoms with Gasteiger partial charge in [0.15, 0.2) is 0 Å². The number of rotatable bonds is 0. The largest absolute Gasteiger partial charge is 0.271 e. The van der Waals surface area contributed by atoms with Crippen LogP contribution < -0.4 is 0 Å². The normalized spacial score (nSPS) is 61.7. The van der Waals surface area contributed by atoms with E-state index in [9.17, 15) is 8.42 Å². The molecule has 0 aromatic carbocycles. The van der Waals surface area contributed by atoms with Crippen LogP contribution in [0.3, 0.4) is 0 Å². The Labute approximate surface area is 78.6 Å². The SMILES string of the molecule is CC1C2CC3C1S(=O)(=O)O[C@H]3C2C. The second kappa shape index (κ2) is 2.11. The molecule has 4 heteroatoms. The minimum Gasteiger partial charge on any atom is -0.266 e. The molecule has 2 saturated carbocycles. The lowest BCUT2D eigenvalue weighted by molar-refractivity contribution is 0.123. The topological polar surface area (TPSA) is 43.4 Å². The maximum Gasteiger partial charge on any atom is 0.271 e. The summed E-state index contributed by atoms with van der Waals surface area (Å²) in [4.78, 5) is 0. The molecule has 3 rings (SSSR count). The van der Waals surface area contributed by atoms with Crippen LogP contribution in [0.1, 0.15) is 20.3 Å². The molecule has 0 amide bonds. The van der Waals surface area contributed by atoms with Crippen molar-refractivity contribution in [2.75, 3.05) is 0 Å². The van der Waals surface area contributed by atoms with E-state index in [1.807, 2.05) is 0 Å². The summed E-state index contributed by atoms with van der Waals surface area (Å²) < 4.78 is 28.4. The van der Waals surface area contributed by atoms with Crippen LogP contribution in [0.5, 0.6) is 0 Å². The lowest BCUT2D eigenvalue weighted by Gasteiger charge is -2.26. The Hall–Kier alpha value is -0.0900. The van der Waals surface area contributed by atoms with Crippen molar-refractivity contribution < 1.29 is 12.6 Å². The highest BCUT2D eigenvalue weighted by molar-refractivity contribution is 7.87. The first-order valence-electron chi connectivity index (χ1n) is 4.94. The summed E-state index contributed by atoms with van der Waals surface area (Å²) in [6, 6.07) is 0. The molecule has 2 aliphatic carbocycles. The summed E-state index contributed by atoms with van der Waals surface area (Å²) in [6.45, 7) is 4.19. The maximum absolute atomic E-state index is 11.6. The predicted molar refractivity (Wildman–Crippen MR) is 47.5 cm³/mol. The first-order valence-corrected chi connectivity index (χ1v) is 6.41. The minimum atomic E-state index is -3.21. The van der Waals surface area contributed by atoms with E-state index in [1.54, 1.807) is 0 Å². The van der Waals surface area contributed by atoms with Gasteiger partial charge in [0.2, 0.25) is 0 Å². The Bertz CT molecular complexity index is 348. The zero-order chi connectivity index (χ0) is 9.38. The predicted octanol–water partition coefficient (Wildman–Crippen LogP) is 1.01. The van der Waals surface area contributed by atoms with Gasteiger partial charge in [-0.15, -0.1) is 0 Å². The van der Waals surface area contributed by atoms with Crippen LogP contribution in [0.25, 0.3) is 0 Å². The molecular weight excluding hydrogens is 188 g/mol. The highest BCUT2D eigenvalue weighted by Gasteiger charge is 2.65. The van der Waals surface area contributed by atoms with Crippen molar-refractivity contribution in [1.29, 1.82) is 0 Å². The van der Waals surface area contributed by atoms with Gasteiger partial charge < -0.3 is 0 Å². The molecule has 1 heterocycles. The van der Waals surface area contributed by atoms with Crippen LogP contribution in [0.15, 0.2) is 0 Å². The molecule has 0 spiro atoms. The van der Waals surface area contributed by atoms with Gasteiger partial charge in [-0.3, -0.25) is 4.18 Å². The van der Waals surface area contributed by atoms with E-state index in [0.717, 1.165) is 6.42 Å². The molecule has 13 heavy (non-hydrogen) atoms. The van der Waals surface area contributed by atoms with E-state index in [4.69, 9.17) is 4.18 Å². The number of fused-ring (bicyclic) bond motifs is 1. The molecule has 6 atom stereocenters. The van der Waals surface area contributed by atoms with Crippen molar-refractivity contribution in [3.05, 3.63) is 0 Å². The molecular formula is C9H14O3S. The van der Waals surface area contributed by atoms with Gasteiger partial charge in [-0.25, -0.2) is 0 Å². The van der Waals surface area contributed by atoms with Gasteiger partial charge in [0, 0.05) is 5.92 Å². The second-order valence-electron chi connectivity index (χ2n) is 4.80. The summed E-state index contributed by atoms with van der Waals surface area (Å²) >= 11 is 0. The average molecular weight is 202 g/mol. The Kier molecular flexibility index (Phi) is 1.34. The summed E-state index contributed by atoms with van der Waals surface area (Å²) in [7, 11) is -3.21. The molecule has 0 aromatic rings. The molecule has 5 unspecified atom stereocenters. The van der Waals surface area contributed by atoms with Crippen molar-refractivity contribution >= 4 is 10.1 Å². The third-order valence-corrected chi connectivity index (χ3v) is 6.29. The maximum atomic E-state index is 11.6. The molecule has 0 radical (unpaired) electrons. The van der Waals surface area contributed by atoms with Crippen molar-refractivity contribution in [2.24, 2.45) is 23.7 Å². The fourth-order valence-electron chi connectivity index (χ4n) is 3.80. The lowest BCUT2D eigenvalue weighted by Crippen LogP contribution is -2.33. The highest BCUT2D eigenvalue weighted by Crippen LogP contribution is 2.59. The zero-order valence-electron chi connectivity index (χ0n) is 7.80. The monoisotopic (exact) mass is 202 g/mol. The quantitative estimate of drug-likeness (QED) is 0.550. The number of hydrogen-bond donors (Lipinski definition) is 0. The third kappa shape index (κ3) is 0.773. The third-order valence-electron chi connectivity index (χ3n) is 4.35. The Morgan fingerprint density at radius 1 is 1.15 bits per heavy atom. The van der Waals surface area contributed by atoms with E-state index < -0.39 is 10.1 Å². The van der Waals surface area contributed by atoms with Crippen LogP contribution in [0, 0.1) is 23.7 Å². The van der Waals surface area contributed by atoms with E-state index in [-0.39, 0.29) is 11.4 Å². The molecule has 3 nitrogen and oxygen atoms in total. The van der Waals surface area contributed by atoms with Gasteiger partial charge >= 0.3 is 0 Å². The Morgan fingerprint density at radius 3 is 2.46 bits per heavy atom. The summed E-state index contributed by atoms with van der Waals surface area (Å²) in [6.07, 6.45) is 1.08. The molecule has 1 aliphatic heterocycles. The summed E-state index contributed by atoms with van der Waals surface area (Å²) in [5.74, 6) is 1.63. The molecule has 1 saturated heterocycles. The lowest BCUT2D eigenvalue weighted by atomic mass is 9.81. The fourth-order valence-corrected chi connectivity index (χ4v) is 5.98. The van der Waals surface area contributed by atoms with Gasteiger partial charge in [0.1, 0.15) is 0 Å². The van der Waals surface area contributed by atoms with E-state index in [1.165, 1.54) is 0 Å². The van der Waals surface area contributed by atoms with Crippen molar-refractivity contribution in [1.82, 2.24) is 0 Å². The van der Waals surface area contributed by atoms with Crippen LogP contribution in [0.2, 0.25) is 0 Å². The Morgan fingerprint density at radius 2 is 1.85 bits per heavy atom.